The van der Waals surface area contributed by atoms with Crippen molar-refractivity contribution in [3.63, 3.8) is 0 Å². The fraction of sp³-hybridized carbons (Fsp3) is 0.700. The number of hydrogen-bond acceptors (Lipinski definition) is 3. The van der Waals surface area contributed by atoms with E-state index < -0.39 is 10.2 Å². The van der Waals surface area contributed by atoms with Gasteiger partial charge in [-0.25, -0.2) is 0 Å². The van der Waals surface area contributed by atoms with Crippen LogP contribution >= 0.6 is 0 Å². The van der Waals surface area contributed by atoms with Gasteiger partial charge in [-0.1, -0.05) is 0 Å². The van der Waals surface area contributed by atoms with Crippen LogP contribution in [-0.4, -0.2) is 47.9 Å². The van der Waals surface area contributed by atoms with Crippen LogP contribution in [0.25, 0.3) is 0 Å². The summed E-state index contributed by atoms with van der Waals surface area (Å²) in [6.45, 7) is 2.52. The van der Waals surface area contributed by atoms with Crippen LogP contribution in [0.2, 0.25) is 0 Å². The number of aromatic amines is 1. The van der Waals surface area contributed by atoms with Crippen molar-refractivity contribution in [1.29, 1.82) is 0 Å². The van der Waals surface area contributed by atoms with E-state index in [9.17, 15) is 8.42 Å². The van der Waals surface area contributed by atoms with Crippen LogP contribution in [-0.2, 0) is 10.2 Å². The standard InChI is InChI=1S/C10H18N4O2S/c1-8-7-11-12-10(8)9-5-4-6-14(9)17(15,16)13(2)3/h7,9H,4-6H2,1-3H3,(H,11,12)/t9-/m1/s1. The maximum atomic E-state index is 12.2. The fourth-order valence-corrected chi connectivity index (χ4v) is 3.52. The normalized spacial score (nSPS) is 22.5. The van der Waals surface area contributed by atoms with Gasteiger partial charge in [0.05, 0.1) is 17.9 Å². The molecular formula is C10H18N4O2S. The van der Waals surface area contributed by atoms with E-state index in [-0.39, 0.29) is 6.04 Å². The molecule has 1 aliphatic rings. The molecule has 17 heavy (non-hydrogen) atoms. The quantitative estimate of drug-likeness (QED) is 0.866. The summed E-state index contributed by atoms with van der Waals surface area (Å²) in [5.41, 5.74) is 1.92. The molecule has 1 N–H and O–H groups in total. The zero-order valence-corrected chi connectivity index (χ0v) is 11.2. The minimum Gasteiger partial charge on any atom is -0.281 e. The Labute approximate surface area is 102 Å². The molecule has 1 saturated heterocycles. The largest absolute Gasteiger partial charge is 0.282 e. The molecule has 1 fully saturated rings. The highest BCUT2D eigenvalue weighted by Crippen LogP contribution is 2.34. The molecule has 2 heterocycles. The van der Waals surface area contributed by atoms with Gasteiger partial charge in [-0.05, 0) is 25.3 Å². The van der Waals surface area contributed by atoms with Gasteiger partial charge >= 0.3 is 0 Å². The van der Waals surface area contributed by atoms with Crippen LogP contribution < -0.4 is 0 Å². The van der Waals surface area contributed by atoms with Gasteiger partial charge < -0.3 is 0 Å². The molecule has 0 aromatic carbocycles. The van der Waals surface area contributed by atoms with Crippen molar-refractivity contribution in [3.05, 3.63) is 17.5 Å². The third-order valence-corrected chi connectivity index (χ3v) is 5.12. The lowest BCUT2D eigenvalue weighted by Crippen LogP contribution is -2.39. The van der Waals surface area contributed by atoms with Gasteiger partial charge in [-0.3, -0.25) is 5.10 Å². The van der Waals surface area contributed by atoms with Gasteiger partial charge in [0.1, 0.15) is 0 Å². The average Bonchev–Trinajstić information content (AvgIpc) is 2.84. The van der Waals surface area contributed by atoms with E-state index in [0.29, 0.717) is 6.54 Å². The van der Waals surface area contributed by atoms with E-state index in [4.69, 9.17) is 0 Å². The van der Waals surface area contributed by atoms with Crippen LogP contribution in [0, 0.1) is 6.92 Å². The van der Waals surface area contributed by atoms with Crippen molar-refractivity contribution in [2.45, 2.75) is 25.8 Å². The molecule has 6 nitrogen and oxygen atoms in total. The Hall–Kier alpha value is -0.920. The zero-order valence-electron chi connectivity index (χ0n) is 10.3. The summed E-state index contributed by atoms with van der Waals surface area (Å²) in [6.07, 6.45) is 3.46. The van der Waals surface area contributed by atoms with Gasteiger partial charge in [-0.15, -0.1) is 0 Å². The van der Waals surface area contributed by atoms with Crippen molar-refractivity contribution < 1.29 is 8.42 Å². The summed E-state index contributed by atoms with van der Waals surface area (Å²) in [6, 6.07) is -0.107. The van der Waals surface area contributed by atoms with E-state index in [1.54, 1.807) is 24.6 Å². The van der Waals surface area contributed by atoms with E-state index in [1.807, 2.05) is 6.92 Å². The molecule has 2 rings (SSSR count). The number of hydrogen-bond donors (Lipinski definition) is 1. The average molecular weight is 258 g/mol. The van der Waals surface area contributed by atoms with Crippen LogP contribution in [0.5, 0.6) is 0 Å². The predicted octanol–water partition coefficient (Wildman–Crippen LogP) is 0.661. The van der Waals surface area contributed by atoms with Crippen molar-refractivity contribution in [2.24, 2.45) is 0 Å². The van der Waals surface area contributed by atoms with E-state index in [2.05, 4.69) is 10.2 Å². The van der Waals surface area contributed by atoms with E-state index in [1.165, 1.54) is 4.31 Å². The summed E-state index contributed by atoms with van der Waals surface area (Å²) in [4.78, 5) is 0. The van der Waals surface area contributed by atoms with Gasteiger partial charge in [-0.2, -0.15) is 22.1 Å². The van der Waals surface area contributed by atoms with Gasteiger partial charge in [0, 0.05) is 20.6 Å². The lowest BCUT2D eigenvalue weighted by molar-refractivity contribution is 0.357. The van der Waals surface area contributed by atoms with Crippen LogP contribution in [0.15, 0.2) is 6.20 Å². The molecule has 0 amide bonds. The lowest BCUT2D eigenvalue weighted by atomic mass is 10.1. The molecule has 0 unspecified atom stereocenters. The minimum absolute atomic E-state index is 0.107. The molecule has 1 aliphatic heterocycles. The molecule has 96 valence electrons. The Bertz CT molecular complexity index is 494. The highest BCUT2D eigenvalue weighted by molar-refractivity contribution is 7.86. The minimum atomic E-state index is -3.35. The number of nitrogens with zero attached hydrogens (tertiary/aromatic N) is 3. The smallest absolute Gasteiger partial charge is 0.281 e. The Morgan fingerprint density at radius 3 is 2.76 bits per heavy atom. The first kappa shape index (κ1) is 12.5. The molecule has 0 radical (unpaired) electrons. The Kier molecular flexibility index (Phi) is 3.24. The first-order valence-corrected chi connectivity index (χ1v) is 7.03. The maximum absolute atomic E-state index is 12.2. The fourth-order valence-electron chi connectivity index (χ4n) is 2.21. The van der Waals surface area contributed by atoms with E-state index in [0.717, 1.165) is 24.1 Å². The number of H-pyrrole nitrogens is 1. The first-order valence-electron chi connectivity index (χ1n) is 5.63. The van der Waals surface area contributed by atoms with Crippen LogP contribution in [0.4, 0.5) is 0 Å². The van der Waals surface area contributed by atoms with Gasteiger partial charge in [0.15, 0.2) is 0 Å². The Balaban J connectivity index is 2.34. The Morgan fingerprint density at radius 1 is 1.53 bits per heavy atom. The number of aryl methyl sites for hydroxylation is 1. The van der Waals surface area contributed by atoms with Crippen LogP contribution in [0.1, 0.15) is 30.1 Å². The number of rotatable bonds is 3. The predicted molar refractivity (Wildman–Crippen MR) is 64.6 cm³/mol. The van der Waals surface area contributed by atoms with Crippen molar-refractivity contribution in [3.8, 4) is 0 Å². The molecule has 0 bridgehead atoms. The second kappa shape index (κ2) is 4.40. The first-order chi connectivity index (χ1) is 7.94. The molecule has 1 aromatic rings. The molecule has 0 spiro atoms. The molecule has 0 saturated carbocycles. The number of nitrogens with one attached hydrogen (secondary N) is 1. The highest BCUT2D eigenvalue weighted by Gasteiger charge is 2.37. The highest BCUT2D eigenvalue weighted by atomic mass is 32.2. The maximum Gasteiger partial charge on any atom is 0.282 e. The van der Waals surface area contributed by atoms with Crippen LogP contribution in [0.3, 0.4) is 0 Å². The van der Waals surface area contributed by atoms with Crippen molar-refractivity contribution >= 4 is 10.2 Å². The third-order valence-electron chi connectivity index (χ3n) is 3.16. The summed E-state index contributed by atoms with van der Waals surface area (Å²) < 4.78 is 27.1. The third kappa shape index (κ3) is 2.10. The molecule has 1 aromatic heterocycles. The second-order valence-corrected chi connectivity index (χ2v) is 6.62. The van der Waals surface area contributed by atoms with Gasteiger partial charge in [0.25, 0.3) is 10.2 Å². The second-order valence-electron chi connectivity index (χ2n) is 4.53. The molecule has 7 heteroatoms. The SMILES string of the molecule is Cc1cn[nH]c1[C@H]1CCCN1S(=O)(=O)N(C)C. The Morgan fingerprint density at radius 2 is 2.24 bits per heavy atom. The van der Waals surface area contributed by atoms with Gasteiger partial charge in [0.2, 0.25) is 0 Å². The molecular weight excluding hydrogens is 240 g/mol. The summed E-state index contributed by atoms with van der Waals surface area (Å²) in [7, 11) is -0.230. The zero-order chi connectivity index (χ0) is 12.6. The molecule has 1 atom stereocenters. The number of aromatic nitrogens is 2. The summed E-state index contributed by atoms with van der Waals surface area (Å²) in [5.74, 6) is 0. The summed E-state index contributed by atoms with van der Waals surface area (Å²) in [5, 5.41) is 6.88. The van der Waals surface area contributed by atoms with Crippen molar-refractivity contribution in [1.82, 2.24) is 18.8 Å². The molecule has 0 aliphatic carbocycles. The monoisotopic (exact) mass is 258 g/mol. The van der Waals surface area contributed by atoms with E-state index >= 15 is 0 Å². The topological polar surface area (TPSA) is 69.3 Å². The summed E-state index contributed by atoms with van der Waals surface area (Å²) >= 11 is 0. The lowest BCUT2D eigenvalue weighted by Gasteiger charge is -2.26. The van der Waals surface area contributed by atoms with Crippen molar-refractivity contribution in [2.75, 3.05) is 20.6 Å².